The van der Waals surface area contributed by atoms with Gasteiger partial charge in [-0.3, -0.25) is 9.59 Å². The molecule has 0 fully saturated rings. The molecule has 4 aromatic rings. The van der Waals surface area contributed by atoms with Crippen LogP contribution < -0.4 is 10.6 Å². The number of carbonyl (C=O) groups is 2. The summed E-state index contributed by atoms with van der Waals surface area (Å²) in [4.78, 5) is 24.5. The largest absolute Gasteiger partial charge is 0.351 e. The first-order valence-corrected chi connectivity index (χ1v) is 11.4. The Kier molecular flexibility index (Phi) is 7.16. The van der Waals surface area contributed by atoms with Gasteiger partial charge in [0.2, 0.25) is 5.91 Å². The minimum absolute atomic E-state index is 0.0630. The van der Waals surface area contributed by atoms with E-state index in [9.17, 15) is 9.59 Å². The second-order valence-electron chi connectivity index (χ2n) is 7.31. The summed E-state index contributed by atoms with van der Waals surface area (Å²) in [6.07, 6.45) is 0. The van der Waals surface area contributed by atoms with Crippen molar-refractivity contribution in [3.63, 3.8) is 0 Å². The number of aromatic nitrogens is 3. The standard InChI is InChI=1S/C25H23N5O2S/c1-30-23(19-12-14-21(15-13-19)27-24(32)20-10-6-3-7-11-20)28-29-25(30)33-17-22(31)26-16-18-8-4-2-5-9-18/h2-15H,16-17H2,1H3,(H,26,31)(H,27,32). The zero-order chi connectivity index (χ0) is 23.0. The average Bonchev–Trinajstić information content (AvgIpc) is 3.23. The summed E-state index contributed by atoms with van der Waals surface area (Å²) in [5.74, 6) is 0.713. The minimum Gasteiger partial charge on any atom is -0.351 e. The van der Waals surface area contributed by atoms with Crippen molar-refractivity contribution in [1.82, 2.24) is 20.1 Å². The molecule has 0 spiro atoms. The molecule has 2 amide bonds. The average molecular weight is 458 g/mol. The molecule has 0 saturated heterocycles. The van der Waals surface area contributed by atoms with Crippen LogP contribution in [0.4, 0.5) is 5.69 Å². The molecule has 0 unspecified atom stereocenters. The van der Waals surface area contributed by atoms with E-state index in [-0.39, 0.29) is 17.6 Å². The molecular formula is C25H23N5O2S. The van der Waals surface area contributed by atoms with Gasteiger partial charge in [-0.15, -0.1) is 10.2 Å². The topological polar surface area (TPSA) is 88.9 Å². The van der Waals surface area contributed by atoms with E-state index in [1.165, 1.54) is 11.8 Å². The van der Waals surface area contributed by atoms with Gasteiger partial charge in [-0.1, -0.05) is 60.3 Å². The van der Waals surface area contributed by atoms with Crippen LogP contribution in [0.15, 0.2) is 90.1 Å². The Morgan fingerprint density at radius 2 is 1.55 bits per heavy atom. The lowest BCUT2D eigenvalue weighted by molar-refractivity contribution is -0.118. The first-order valence-electron chi connectivity index (χ1n) is 10.4. The quantitative estimate of drug-likeness (QED) is 0.388. The summed E-state index contributed by atoms with van der Waals surface area (Å²) in [7, 11) is 1.87. The van der Waals surface area contributed by atoms with Gasteiger partial charge in [-0.05, 0) is 42.0 Å². The SMILES string of the molecule is Cn1c(SCC(=O)NCc2ccccc2)nnc1-c1ccc(NC(=O)c2ccccc2)cc1. The van der Waals surface area contributed by atoms with Crippen LogP contribution in [0, 0.1) is 0 Å². The second-order valence-corrected chi connectivity index (χ2v) is 8.26. The summed E-state index contributed by atoms with van der Waals surface area (Å²) in [5.41, 5.74) is 3.21. The molecule has 2 N–H and O–H groups in total. The van der Waals surface area contributed by atoms with Crippen LogP contribution in [0.2, 0.25) is 0 Å². The molecule has 0 radical (unpaired) electrons. The lowest BCUT2D eigenvalue weighted by Crippen LogP contribution is -2.24. The van der Waals surface area contributed by atoms with Crippen molar-refractivity contribution in [2.45, 2.75) is 11.7 Å². The van der Waals surface area contributed by atoms with Gasteiger partial charge in [0.1, 0.15) is 0 Å². The van der Waals surface area contributed by atoms with Gasteiger partial charge in [0.15, 0.2) is 11.0 Å². The first-order chi connectivity index (χ1) is 16.1. The summed E-state index contributed by atoms with van der Waals surface area (Å²) >= 11 is 1.34. The molecule has 166 valence electrons. The van der Waals surface area contributed by atoms with Crippen molar-refractivity contribution >= 4 is 29.3 Å². The van der Waals surface area contributed by atoms with Gasteiger partial charge < -0.3 is 15.2 Å². The van der Waals surface area contributed by atoms with Crippen LogP contribution in [0.5, 0.6) is 0 Å². The normalized spacial score (nSPS) is 10.6. The number of amides is 2. The molecule has 4 rings (SSSR count). The fraction of sp³-hybridized carbons (Fsp3) is 0.120. The second kappa shape index (κ2) is 10.6. The predicted molar refractivity (Wildman–Crippen MR) is 130 cm³/mol. The van der Waals surface area contributed by atoms with Crippen molar-refractivity contribution in [1.29, 1.82) is 0 Å². The van der Waals surface area contributed by atoms with Gasteiger partial charge in [-0.2, -0.15) is 0 Å². The molecule has 0 aliphatic heterocycles. The van der Waals surface area contributed by atoms with Crippen molar-refractivity contribution in [3.8, 4) is 11.4 Å². The highest BCUT2D eigenvalue weighted by Gasteiger charge is 2.13. The van der Waals surface area contributed by atoms with Gasteiger partial charge in [-0.25, -0.2) is 0 Å². The smallest absolute Gasteiger partial charge is 0.255 e. The number of nitrogens with zero attached hydrogens (tertiary/aromatic N) is 3. The van der Waals surface area contributed by atoms with Gasteiger partial charge >= 0.3 is 0 Å². The Bertz CT molecular complexity index is 1220. The Hall–Kier alpha value is -3.91. The Balaban J connectivity index is 1.33. The Morgan fingerprint density at radius 3 is 2.24 bits per heavy atom. The molecule has 3 aromatic carbocycles. The molecule has 1 aromatic heterocycles. The maximum atomic E-state index is 12.3. The molecule has 0 saturated carbocycles. The van der Waals surface area contributed by atoms with Crippen LogP contribution in [-0.4, -0.2) is 32.3 Å². The third-order valence-electron chi connectivity index (χ3n) is 4.94. The highest BCUT2D eigenvalue weighted by atomic mass is 32.2. The number of benzene rings is 3. The van der Waals surface area contributed by atoms with Crippen molar-refractivity contribution in [2.24, 2.45) is 7.05 Å². The summed E-state index contributed by atoms with van der Waals surface area (Å²) in [5, 5.41) is 14.9. The van der Waals surface area contributed by atoms with Crippen molar-refractivity contribution < 1.29 is 9.59 Å². The highest BCUT2D eigenvalue weighted by molar-refractivity contribution is 7.99. The Morgan fingerprint density at radius 1 is 0.879 bits per heavy atom. The number of nitrogens with one attached hydrogen (secondary N) is 2. The first kappa shape index (κ1) is 22.3. The molecule has 0 bridgehead atoms. The molecule has 0 aliphatic rings. The van der Waals surface area contributed by atoms with Gasteiger partial charge in [0.05, 0.1) is 5.75 Å². The van der Waals surface area contributed by atoms with Crippen molar-refractivity contribution in [3.05, 3.63) is 96.1 Å². The zero-order valence-electron chi connectivity index (χ0n) is 18.1. The third-order valence-corrected chi connectivity index (χ3v) is 5.96. The lowest BCUT2D eigenvalue weighted by Gasteiger charge is -2.07. The van der Waals surface area contributed by atoms with E-state index in [4.69, 9.17) is 0 Å². The molecule has 0 aliphatic carbocycles. The fourth-order valence-electron chi connectivity index (χ4n) is 3.17. The molecule has 1 heterocycles. The fourth-order valence-corrected chi connectivity index (χ4v) is 3.91. The number of hydrogen-bond acceptors (Lipinski definition) is 5. The summed E-state index contributed by atoms with van der Waals surface area (Å²) < 4.78 is 1.85. The van der Waals surface area contributed by atoms with Crippen LogP contribution in [0.1, 0.15) is 15.9 Å². The molecule has 33 heavy (non-hydrogen) atoms. The minimum atomic E-state index is -0.161. The van der Waals surface area contributed by atoms with E-state index in [0.717, 1.165) is 11.1 Å². The number of thioether (sulfide) groups is 1. The molecule has 7 nitrogen and oxygen atoms in total. The number of hydrogen-bond donors (Lipinski definition) is 2. The maximum Gasteiger partial charge on any atom is 0.255 e. The highest BCUT2D eigenvalue weighted by Crippen LogP contribution is 2.24. The van der Waals surface area contributed by atoms with Crippen LogP contribution in [0.25, 0.3) is 11.4 Å². The summed E-state index contributed by atoms with van der Waals surface area (Å²) in [6.45, 7) is 0.497. The van der Waals surface area contributed by atoms with E-state index in [0.29, 0.717) is 28.8 Å². The van der Waals surface area contributed by atoms with E-state index in [2.05, 4.69) is 20.8 Å². The third kappa shape index (κ3) is 5.87. The lowest BCUT2D eigenvalue weighted by atomic mass is 10.1. The summed E-state index contributed by atoms with van der Waals surface area (Å²) in [6, 6.07) is 26.3. The van der Waals surface area contributed by atoms with E-state index in [1.54, 1.807) is 12.1 Å². The van der Waals surface area contributed by atoms with E-state index in [1.807, 2.05) is 84.4 Å². The van der Waals surface area contributed by atoms with Crippen LogP contribution in [0.3, 0.4) is 0 Å². The monoisotopic (exact) mass is 457 g/mol. The number of rotatable bonds is 8. The molecule has 0 atom stereocenters. The van der Waals surface area contributed by atoms with Crippen molar-refractivity contribution in [2.75, 3.05) is 11.1 Å². The van der Waals surface area contributed by atoms with Crippen LogP contribution >= 0.6 is 11.8 Å². The maximum absolute atomic E-state index is 12.3. The van der Waals surface area contributed by atoms with Gasteiger partial charge in [0.25, 0.3) is 5.91 Å². The van der Waals surface area contributed by atoms with Crippen LogP contribution in [-0.2, 0) is 18.4 Å². The zero-order valence-corrected chi connectivity index (χ0v) is 18.9. The number of carbonyl (C=O) groups excluding carboxylic acids is 2. The molecular weight excluding hydrogens is 434 g/mol. The molecule has 8 heteroatoms. The number of anilines is 1. The van der Waals surface area contributed by atoms with E-state index < -0.39 is 0 Å². The Labute approximate surface area is 196 Å². The van der Waals surface area contributed by atoms with E-state index >= 15 is 0 Å². The van der Waals surface area contributed by atoms with Gasteiger partial charge in [0, 0.05) is 30.4 Å². The predicted octanol–water partition coefficient (Wildman–Crippen LogP) is 4.14.